The number of benzene rings is 1. The maximum Gasteiger partial charge on any atom is 0.379 e. The molecule has 1 aromatic carbocycles. The lowest BCUT2D eigenvalue weighted by Gasteiger charge is -2.21. The predicted molar refractivity (Wildman–Crippen MR) is 142 cm³/mol. The zero-order valence-electron chi connectivity index (χ0n) is 22.0. The van der Waals surface area contributed by atoms with Gasteiger partial charge in [0.15, 0.2) is 11.5 Å². The van der Waals surface area contributed by atoms with Crippen LogP contribution in [0.15, 0.2) is 24.3 Å². The SMILES string of the molecule is CCCCCCCCCCCCCCCOP(=O)(CCCC)Oc1ccccc1OC(C)C. The molecule has 1 aromatic rings. The highest BCUT2D eigenvalue weighted by Crippen LogP contribution is 2.51. The summed E-state index contributed by atoms with van der Waals surface area (Å²) in [7, 11) is -3.19. The van der Waals surface area contributed by atoms with Gasteiger partial charge in [0.05, 0.1) is 18.9 Å². The van der Waals surface area contributed by atoms with Crippen LogP contribution in [0.25, 0.3) is 0 Å². The van der Waals surface area contributed by atoms with Gasteiger partial charge in [-0.15, -0.1) is 0 Å². The zero-order chi connectivity index (χ0) is 24.2. The summed E-state index contributed by atoms with van der Waals surface area (Å²) in [6, 6.07) is 7.44. The molecule has 0 amide bonds. The van der Waals surface area contributed by atoms with Crippen molar-refractivity contribution in [3.05, 3.63) is 24.3 Å². The molecule has 5 heteroatoms. The summed E-state index contributed by atoms with van der Waals surface area (Å²) in [6.45, 7) is 8.80. The van der Waals surface area contributed by atoms with Gasteiger partial charge in [0.1, 0.15) is 0 Å². The molecule has 1 rings (SSSR count). The molecule has 0 N–H and O–H groups in total. The van der Waals surface area contributed by atoms with Crippen LogP contribution < -0.4 is 9.26 Å². The van der Waals surface area contributed by atoms with Gasteiger partial charge < -0.3 is 9.26 Å². The van der Waals surface area contributed by atoms with Crippen LogP contribution in [-0.4, -0.2) is 18.9 Å². The number of hydrogen-bond donors (Lipinski definition) is 0. The summed E-state index contributed by atoms with van der Waals surface area (Å²) in [5.74, 6) is 1.13. The minimum Gasteiger partial charge on any atom is -0.487 e. The first-order chi connectivity index (χ1) is 16.0. The van der Waals surface area contributed by atoms with Crippen molar-refractivity contribution in [3.8, 4) is 11.5 Å². The van der Waals surface area contributed by atoms with Crippen molar-refractivity contribution in [2.45, 2.75) is 130 Å². The van der Waals surface area contributed by atoms with Crippen molar-refractivity contribution < 1.29 is 18.3 Å². The number of unbranched alkanes of at least 4 members (excludes halogenated alkanes) is 13. The van der Waals surface area contributed by atoms with Crippen LogP contribution in [0.2, 0.25) is 0 Å². The van der Waals surface area contributed by atoms with Crippen LogP contribution in [0.1, 0.15) is 124 Å². The van der Waals surface area contributed by atoms with Gasteiger partial charge in [0.25, 0.3) is 0 Å². The van der Waals surface area contributed by atoms with E-state index in [9.17, 15) is 4.57 Å². The average molecular weight is 483 g/mol. The second-order valence-corrected chi connectivity index (χ2v) is 11.6. The number of para-hydroxylation sites is 2. The third-order valence-corrected chi connectivity index (χ3v) is 7.69. The van der Waals surface area contributed by atoms with Gasteiger partial charge in [-0.3, -0.25) is 4.52 Å². The highest BCUT2D eigenvalue weighted by molar-refractivity contribution is 7.54. The fourth-order valence-corrected chi connectivity index (χ4v) is 5.67. The Bertz CT molecular complexity index is 632. The summed E-state index contributed by atoms with van der Waals surface area (Å²) in [6.07, 6.45) is 19.3. The summed E-state index contributed by atoms with van der Waals surface area (Å²) in [4.78, 5) is 0. The number of hydrogen-bond acceptors (Lipinski definition) is 4. The molecule has 0 spiro atoms. The maximum absolute atomic E-state index is 13.4. The standard InChI is InChI=1S/C28H51O4P/c1-5-7-9-10-11-12-13-14-15-16-17-18-21-24-30-33(29,25-8-6-2)32-28-23-20-19-22-27(28)31-26(3)4/h19-20,22-23,26H,5-18,21,24-25H2,1-4H3. The fraction of sp³-hybridized carbons (Fsp3) is 0.786. The van der Waals surface area contributed by atoms with Gasteiger partial charge in [0.2, 0.25) is 0 Å². The van der Waals surface area contributed by atoms with E-state index in [2.05, 4.69) is 13.8 Å². The van der Waals surface area contributed by atoms with Crippen molar-refractivity contribution in [1.82, 2.24) is 0 Å². The van der Waals surface area contributed by atoms with Crippen molar-refractivity contribution in [2.24, 2.45) is 0 Å². The van der Waals surface area contributed by atoms with E-state index in [-0.39, 0.29) is 6.10 Å². The summed E-state index contributed by atoms with van der Waals surface area (Å²) in [5, 5.41) is 0. The molecule has 0 bridgehead atoms. The van der Waals surface area contributed by atoms with Crippen LogP contribution in [0.5, 0.6) is 11.5 Å². The molecule has 0 aromatic heterocycles. The van der Waals surface area contributed by atoms with E-state index >= 15 is 0 Å². The molecule has 0 aliphatic carbocycles. The smallest absolute Gasteiger partial charge is 0.379 e. The highest BCUT2D eigenvalue weighted by atomic mass is 31.2. The Hall–Kier alpha value is -0.990. The average Bonchev–Trinajstić information content (AvgIpc) is 2.79. The number of ether oxygens (including phenoxy) is 1. The minimum atomic E-state index is -3.19. The minimum absolute atomic E-state index is 0.0245. The maximum atomic E-state index is 13.4. The molecule has 1 unspecified atom stereocenters. The second kappa shape index (κ2) is 19.3. The Morgan fingerprint density at radius 3 is 1.70 bits per heavy atom. The monoisotopic (exact) mass is 482 g/mol. The Morgan fingerprint density at radius 2 is 1.18 bits per heavy atom. The quantitative estimate of drug-likeness (QED) is 0.122. The third-order valence-electron chi connectivity index (χ3n) is 5.77. The van der Waals surface area contributed by atoms with Crippen LogP contribution in [-0.2, 0) is 9.09 Å². The van der Waals surface area contributed by atoms with Gasteiger partial charge in [0, 0.05) is 0 Å². The van der Waals surface area contributed by atoms with E-state index in [1.54, 1.807) is 0 Å². The van der Waals surface area contributed by atoms with Gasteiger partial charge in [-0.25, -0.2) is 4.57 Å². The van der Waals surface area contributed by atoms with Crippen LogP contribution in [0.3, 0.4) is 0 Å². The van der Waals surface area contributed by atoms with Crippen molar-refractivity contribution in [1.29, 1.82) is 0 Å². The normalized spacial score (nSPS) is 13.2. The molecule has 0 fully saturated rings. The Labute approximate surface area is 204 Å². The molecule has 0 heterocycles. The molecular weight excluding hydrogens is 431 g/mol. The molecule has 0 aliphatic heterocycles. The molecule has 1 atom stereocenters. The lowest BCUT2D eigenvalue weighted by Crippen LogP contribution is -2.08. The van der Waals surface area contributed by atoms with Gasteiger partial charge >= 0.3 is 7.60 Å². The van der Waals surface area contributed by atoms with Crippen LogP contribution in [0, 0.1) is 0 Å². The van der Waals surface area contributed by atoms with Crippen LogP contribution in [0.4, 0.5) is 0 Å². The molecule has 192 valence electrons. The lowest BCUT2D eigenvalue weighted by molar-refractivity contribution is 0.225. The van der Waals surface area contributed by atoms with E-state index in [0.717, 1.165) is 25.7 Å². The fourth-order valence-electron chi connectivity index (χ4n) is 3.84. The largest absolute Gasteiger partial charge is 0.487 e. The molecule has 0 aliphatic rings. The van der Waals surface area contributed by atoms with Gasteiger partial charge in [-0.05, 0) is 38.8 Å². The summed E-state index contributed by atoms with van der Waals surface area (Å²) >= 11 is 0. The van der Waals surface area contributed by atoms with Crippen molar-refractivity contribution in [2.75, 3.05) is 12.8 Å². The topological polar surface area (TPSA) is 44.8 Å². The molecule has 0 saturated heterocycles. The second-order valence-electron chi connectivity index (χ2n) is 9.47. The van der Waals surface area contributed by atoms with Crippen molar-refractivity contribution >= 4 is 7.60 Å². The van der Waals surface area contributed by atoms with E-state index in [1.807, 2.05) is 38.1 Å². The Morgan fingerprint density at radius 1 is 0.697 bits per heavy atom. The van der Waals surface area contributed by atoms with Gasteiger partial charge in [-0.1, -0.05) is 109 Å². The highest BCUT2D eigenvalue weighted by Gasteiger charge is 2.27. The van der Waals surface area contributed by atoms with E-state index < -0.39 is 7.60 Å². The first kappa shape index (κ1) is 30.0. The number of rotatable bonds is 22. The summed E-state index contributed by atoms with van der Waals surface area (Å²) in [5.41, 5.74) is 0. The predicted octanol–water partition coefficient (Wildman–Crippen LogP) is 9.95. The van der Waals surface area contributed by atoms with E-state index in [1.165, 1.54) is 70.6 Å². The summed E-state index contributed by atoms with van der Waals surface area (Å²) < 4.78 is 31.0. The molecule has 0 radical (unpaired) electrons. The third kappa shape index (κ3) is 15.5. The van der Waals surface area contributed by atoms with Crippen LogP contribution >= 0.6 is 7.60 Å². The zero-order valence-corrected chi connectivity index (χ0v) is 22.9. The lowest BCUT2D eigenvalue weighted by atomic mass is 10.0. The van der Waals surface area contributed by atoms with E-state index in [0.29, 0.717) is 24.3 Å². The van der Waals surface area contributed by atoms with Crippen molar-refractivity contribution in [3.63, 3.8) is 0 Å². The van der Waals surface area contributed by atoms with E-state index in [4.69, 9.17) is 13.8 Å². The molecule has 33 heavy (non-hydrogen) atoms. The first-order valence-corrected chi connectivity index (χ1v) is 15.4. The molecule has 4 nitrogen and oxygen atoms in total. The first-order valence-electron chi connectivity index (χ1n) is 13.7. The Kier molecular flexibility index (Phi) is 17.6. The molecule has 0 saturated carbocycles. The van der Waals surface area contributed by atoms with Gasteiger partial charge in [-0.2, -0.15) is 0 Å². The molecular formula is C28H51O4P. The Balaban J connectivity index is 2.26.